The van der Waals surface area contributed by atoms with E-state index in [1.165, 1.54) is 17.0 Å². The van der Waals surface area contributed by atoms with Crippen molar-refractivity contribution in [2.75, 3.05) is 13.1 Å². The van der Waals surface area contributed by atoms with E-state index in [1.807, 2.05) is 31.1 Å². The molecule has 1 aliphatic heterocycles. The van der Waals surface area contributed by atoms with Crippen LogP contribution in [0.5, 0.6) is 0 Å². The predicted octanol–water partition coefficient (Wildman–Crippen LogP) is 4.79. The third kappa shape index (κ3) is 4.69. The first-order valence-electron chi connectivity index (χ1n) is 10.4. The number of hydrogen-bond acceptors (Lipinski definition) is 3. The van der Waals surface area contributed by atoms with Gasteiger partial charge in [-0.3, -0.25) is 9.59 Å². The van der Waals surface area contributed by atoms with E-state index in [2.05, 4.69) is 6.07 Å². The van der Waals surface area contributed by atoms with Gasteiger partial charge in [0.2, 0.25) is 11.8 Å². The van der Waals surface area contributed by atoms with E-state index in [1.54, 1.807) is 28.4 Å². The van der Waals surface area contributed by atoms with Crippen LogP contribution in [-0.4, -0.2) is 40.7 Å². The molecule has 0 aliphatic carbocycles. The lowest BCUT2D eigenvalue weighted by Crippen LogP contribution is -2.49. The maximum Gasteiger partial charge on any atom is 0.243 e. The molecule has 6 heteroatoms. The third-order valence-electron chi connectivity index (χ3n) is 5.68. The van der Waals surface area contributed by atoms with E-state index in [0.29, 0.717) is 13.0 Å². The third-order valence-corrected chi connectivity index (χ3v) is 6.68. The number of benzene rings is 1. The summed E-state index contributed by atoms with van der Waals surface area (Å²) in [7, 11) is 0. The summed E-state index contributed by atoms with van der Waals surface area (Å²) in [5.74, 6) is -0.316. The molecule has 0 saturated carbocycles. The number of amides is 2. The summed E-state index contributed by atoms with van der Waals surface area (Å²) in [5.41, 5.74) is 2.00. The zero-order chi connectivity index (χ0) is 21.0. The van der Waals surface area contributed by atoms with Crippen molar-refractivity contribution in [2.24, 2.45) is 0 Å². The van der Waals surface area contributed by atoms with Gasteiger partial charge in [0.05, 0.1) is 6.04 Å². The molecule has 0 bridgehead atoms. The van der Waals surface area contributed by atoms with Crippen LogP contribution >= 0.6 is 11.3 Å². The fourth-order valence-electron chi connectivity index (χ4n) is 3.89. The predicted molar refractivity (Wildman–Crippen MR) is 114 cm³/mol. The van der Waals surface area contributed by atoms with Crippen molar-refractivity contribution >= 4 is 23.2 Å². The normalized spacial score (nSPS) is 17.0. The lowest BCUT2D eigenvalue weighted by atomic mass is 9.93. The second-order valence-corrected chi connectivity index (χ2v) is 8.62. The topological polar surface area (TPSA) is 40.6 Å². The Kier molecular flexibility index (Phi) is 7.06. The average molecular weight is 417 g/mol. The van der Waals surface area contributed by atoms with Gasteiger partial charge in [-0.15, -0.1) is 11.3 Å². The van der Waals surface area contributed by atoms with Crippen LogP contribution in [0.15, 0.2) is 35.7 Å². The molecule has 1 aliphatic rings. The molecule has 2 heterocycles. The van der Waals surface area contributed by atoms with Gasteiger partial charge in [-0.05, 0) is 60.9 Å². The van der Waals surface area contributed by atoms with Crippen molar-refractivity contribution in [3.63, 3.8) is 0 Å². The van der Waals surface area contributed by atoms with Crippen LogP contribution in [0.2, 0.25) is 0 Å². The van der Waals surface area contributed by atoms with Gasteiger partial charge in [0.1, 0.15) is 12.4 Å². The first-order valence-corrected chi connectivity index (χ1v) is 11.2. The molecule has 3 rings (SSSR count). The van der Waals surface area contributed by atoms with Crippen LogP contribution in [0.4, 0.5) is 4.39 Å². The summed E-state index contributed by atoms with van der Waals surface area (Å²) in [6.07, 6.45) is 2.83. The minimum Gasteiger partial charge on any atom is -0.331 e. The van der Waals surface area contributed by atoms with E-state index < -0.39 is 0 Å². The summed E-state index contributed by atoms with van der Waals surface area (Å²) in [4.78, 5) is 30.8. The average Bonchev–Trinajstić information content (AvgIpc) is 3.20. The first kappa shape index (κ1) is 21.5. The van der Waals surface area contributed by atoms with Gasteiger partial charge in [0, 0.05) is 23.9 Å². The Morgan fingerprint density at radius 3 is 2.62 bits per heavy atom. The summed E-state index contributed by atoms with van der Waals surface area (Å²) in [6, 6.07) is 8.22. The molecule has 4 nitrogen and oxygen atoms in total. The Balaban J connectivity index is 1.89. The molecule has 0 unspecified atom stereocenters. The Labute approximate surface area is 176 Å². The monoisotopic (exact) mass is 416 g/mol. The highest BCUT2D eigenvalue weighted by Gasteiger charge is 2.34. The SMILES string of the molecule is CCCC(=O)N(CC(=O)N1CCc2sccc2[C@H]1c1ccc(F)cc1)[C@@H](C)CC. The van der Waals surface area contributed by atoms with E-state index in [4.69, 9.17) is 0 Å². The van der Waals surface area contributed by atoms with Crippen LogP contribution in [-0.2, 0) is 16.0 Å². The van der Waals surface area contributed by atoms with E-state index in [0.717, 1.165) is 30.4 Å². The number of fused-ring (bicyclic) bond motifs is 1. The number of hydrogen-bond donors (Lipinski definition) is 0. The highest BCUT2D eigenvalue weighted by molar-refractivity contribution is 7.10. The van der Waals surface area contributed by atoms with Gasteiger partial charge in [-0.1, -0.05) is 26.0 Å². The van der Waals surface area contributed by atoms with Gasteiger partial charge < -0.3 is 9.80 Å². The lowest BCUT2D eigenvalue weighted by molar-refractivity contribution is -0.143. The molecule has 2 aromatic rings. The van der Waals surface area contributed by atoms with Crippen molar-refractivity contribution in [3.8, 4) is 0 Å². The van der Waals surface area contributed by atoms with Crippen LogP contribution in [0.1, 0.15) is 62.1 Å². The summed E-state index contributed by atoms with van der Waals surface area (Å²) < 4.78 is 13.5. The summed E-state index contributed by atoms with van der Waals surface area (Å²) >= 11 is 1.70. The van der Waals surface area contributed by atoms with Crippen molar-refractivity contribution in [2.45, 2.75) is 58.5 Å². The zero-order valence-corrected chi connectivity index (χ0v) is 18.2. The first-order chi connectivity index (χ1) is 14.0. The number of nitrogens with zero attached hydrogens (tertiary/aromatic N) is 2. The molecular formula is C23H29FN2O2S. The Morgan fingerprint density at radius 2 is 1.97 bits per heavy atom. The maximum absolute atomic E-state index is 13.5. The number of carbonyl (C=O) groups excluding carboxylic acids is 2. The standard InChI is InChI=1S/C23H29FN2O2S/c1-4-6-21(27)26(16(3)5-2)15-22(28)25-13-11-20-19(12-14-29-20)23(25)17-7-9-18(24)10-8-17/h7-10,12,14,16,23H,4-6,11,13,15H2,1-3H3/t16-,23+/m0/s1. The van der Waals surface area contributed by atoms with Gasteiger partial charge in [-0.25, -0.2) is 4.39 Å². The van der Waals surface area contributed by atoms with Crippen LogP contribution in [0.3, 0.4) is 0 Å². The molecule has 0 N–H and O–H groups in total. The minimum atomic E-state index is -0.291. The van der Waals surface area contributed by atoms with Gasteiger partial charge in [0.25, 0.3) is 0 Å². The molecule has 2 atom stereocenters. The van der Waals surface area contributed by atoms with E-state index in [9.17, 15) is 14.0 Å². The number of halogens is 1. The van der Waals surface area contributed by atoms with Crippen LogP contribution < -0.4 is 0 Å². The Bertz CT molecular complexity index is 849. The highest BCUT2D eigenvalue weighted by atomic mass is 32.1. The van der Waals surface area contributed by atoms with Crippen LogP contribution in [0, 0.1) is 5.82 Å². The fourth-order valence-corrected chi connectivity index (χ4v) is 4.80. The number of rotatable bonds is 7. The molecule has 0 saturated heterocycles. The summed E-state index contributed by atoms with van der Waals surface area (Å²) in [5, 5.41) is 2.05. The second-order valence-electron chi connectivity index (χ2n) is 7.62. The highest BCUT2D eigenvalue weighted by Crippen LogP contribution is 2.38. The van der Waals surface area contributed by atoms with Gasteiger partial charge in [0.15, 0.2) is 0 Å². The van der Waals surface area contributed by atoms with Gasteiger partial charge >= 0.3 is 0 Å². The van der Waals surface area contributed by atoms with Crippen molar-refractivity contribution < 1.29 is 14.0 Å². The molecule has 156 valence electrons. The molecule has 0 spiro atoms. The van der Waals surface area contributed by atoms with E-state index in [-0.39, 0.29) is 36.3 Å². The van der Waals surface area contributed by atoms with Crippen molar-refractivity contribution in [1.82, 2.24) is 9.80 Å². The minimum absolute atomic E-state index is 0.0174. The molecule has 0 radical (unpaired) electrons. The number of carbonyl (C=O) groups is 2. The van der Waals surface area contributed by atoms with Gasteiger partial charge in [-0.2, -0.15) is 0 Å². The molecule has 1 aromatic heterocycles. The van der Waals surface area contributed by atoms with Crippen molar-refractivity contribution in [1.29, 1.82) is 0 Å². The Morgan fingerprint density at radius 1 is 1.24 bits per heavy atom. The molecule has 1 aromatic carbocycles. The quantitative estimate of drug-likeness (QED) is 0.651. The molecule has 0 fully saturated rings. The lowest BCUT2D eigenvalue weighted by Gasteiger charge is -2.38. The molecular weight excluding hydrogens is 387 g/mol. The second kappa shape index (κ2) is 9.53. The van der Waals surface area contributed by atoms with Crippen LogP contribution in [0.25, 0.3) is 0 Å². The van der Waals surface area contributed by atoms with Crippen molar-refractivity contribution in [3.05, 3.63) is 57.5 Å². The largest absolute Gasteiger partial charge is 0.331 e. The fraction of sp³-hybridized carbons (Fsp3) is 0.478. The smallest absolute Gasteiger partial charge is 0.243 e. The van der Waals surface area contributed by atoms with E-state index >= 15 is 0 Å². The Hall–Kier alpha value is -2.21. The maximum atomic E-state index is 13.5. The molecule has 29 heavy (non-hydrogen) atoms. The zero-order valence-electron chi connectivity index (χ0n) is 17.4. The summed E-state index contributed by atoms with van der Waals surface area (Å²) in [6.45, 7) is 6.68. The molecule has 2 amide bonds. The number of thiophene rings is 1.